The number of carbonyl (C=O) groups is 1. The van der Waals surface area contributed by atoms with Crippen LogP contribution in [0.1, 0.15) is 34.7 Å². The molecule has 2 aromatic carbocycles. The van der Waals surface area contributed by atoms with Crippen molar-refractivity contribution >= 4 is 27.5 Å². The summed E-state index contributed by atoms with van der Waals surface area (Å²) in [6.07, 6.45) is 0. The van der Waals surface area contributed by atoms with Gasteiger partial charge in [0.2, 0.25) is 0 Å². The highest BCUT2D eigenvalue weighted by Gasteiger charge is 2.23. The zero-order chi connectivity index (χ0) is 19.6. The van der Waals surface area contributed by atoms with Crippen LogP contribution in [0.4, 0.5) is 0 Å². The number of amides is 1. The van der Waals surface area contributed by atoms with Gasteiger partial charge in [0.15, 0.2) is 6.54 Å². The second-order valence-electron chi connectivity index (χ2n) is 7.44. The molecule has 2 atom stereocenters. The van der Waals surface area contributed by atoms with E-state index in [9.17, 15) is 4.79 Å². The third-order valence-electron chi connectivity index (χ3n) is 5.09. The van der Waals surface area contributed by atoms with Crippen LogP contribution >= 0.6 is 11.3 Å². The van der Waals surface area contributed by atoms with Crippen molar-refractivity contribution in [2.24, 2.45) is 0 Å². The average Bonchev–Trinajstić information content (AvgIpc) is 3.07. The van der Waals surface area contributed by atoms with Crippen LogP contribution in [0.25, 0.3) is 10.2 Å². The lowest BCUT2D eigenvalue weighted by Gasteiger charge is -2.25. The summed E-state index contributed by atoms with van der Waals surface area (Å²) in [5.74, 6) is 0.143. The highest BCUT2D eigenvalue weighted by atomic mass is 32.1. The van der Waals surface area contributed by atoms with E-state index < -0.39 is 0 Å². The molecule has 142 valence electrons. The Hall–Kier alpha value is -2.24. The molecule has 0 radical (unpaired) electrons. The third kappa shape index (κ3) is 4.54. The molecular formula is C22H28N3OS+. The van der Waals surface area contributed by atoms with Crippen LogP contribution in [0, 0.1) is 13.8 Å². The van der Waals surface area contributed by atoms with Gasteiger partial charge in [-0.2, -0.15) is 0 Å². The number of aryl methyl sites for hydroxylation is 2. The number of hydrogen-bond acceptors (Lipinski definition) is 3. The molecule has 1 amide bonds. The Labute approximate surface area is 165 Å². The van der Waals surface area contributed by atoms with Gasteiger partial charge in [-0.3, -0.25) is 4.79 Å². The van der Waals surface area contributed by atoms with Gasteiger partial charge in [0.25, 0.3) is 5.91 Å². The van der Waals surface area contributed by atoms with Crippen molar-refractivity contribution in [3.63, 3.8) is 0 Å². The predicted octanol–water partition coefficient (Wildman–Crippen LogP) is 3.15. The molecule has 0 fully saturated rings. The lowest BCUT2D eigenvalue weighted by atomic mass is 10.1. The molecule has 4 nitrogen and oxygen atoms in total. The Morgan fingerprint density at radius 1 is 1.22 bits per heavy atom. The number of benzene rings is 2. The van der Waals surface area contributed by atoms with Gasteiger partial charge in [0.1, 0.15) is 11.6 Å². The van der Waals surface area contributed by atoms with Crippen LogP contribution in [0.2, 0.25) is 0 Å². The molecule has 27 heavy (non-hydrogen) atoms. The standard InChI is InChI=1S/C22H27N3OS/c1-15-10-11-18(16(2)12-15)13-24(4)14-21(26)25(5)17(3)22-23-19-8-6-7-9-20(19)27-22/h6-12,17H,13-14H2,1-5H3/p+1/t17-/m0/s1. The smallest absolute Gasteiger partial charge is 0.278 e. The van der Waals surface area contributed by atoms with E-state index in [0.29, 0.717) is 6.54 Å². The Morgan fingerprint density at radius 3 is 2.67 bits per heavy atom. The lowest BCUT2D eigenvalue weighted by Crippen LogP contribution is -3.08. The maximum Gasteiger partial charge on any atom is 0.278 e. The van der Waals surface area contributed by atoms with E-state index in [1.54, 1.807) is 11.3 Å². The largest absolute Gasteiger partial charge is 0.332 e. The van der Waals surface area contributed by atoms with Crippen molar-refractivity contribution in [2.75, 3.05) is 20.6 Å². The SMILES string of the molecule is Cc1ccc(C[NH+](C)CC(=O)N(C)[C@@H](C)c2nc3ccccc3s2)c(C)c1. The summed E-state index contributed by atoms with van der Waals surface area (Å²) in [5, 5.41) is 0.985. The van der Waals surface area contributed by atoms with Gasteiger partial charge in [-0.25, -0.2) is 4.98 Å². The predicted molar refractivity (Wildman–Crippen MR) is 112 cm³/mol. The molecular weight excluding hydrogens is 354 g/mol. The minimum absolute atomic E-state index is 0.0242. The number of carbonyl (C=O) groups excluding carboxylic acids is 1. The molecule has 0 spiro atoms. The quantitative estimate of drug-likeness (QED) is 0.711. The maximum atomic E-state index is 12.8. The second-order valence-corrected chi connectivity index (χ2v) is 8.50. The number of para-hydroxylation sites is 1. The second kappa shape index (κ2) is 8.19. The Balaban J connectivity index is 1.63. The average molecular weight is 383 g/mol. The summed E-state index contributed by atoms with van der Waals surface area (Å²) in [6.45, 7) is 7.61. The van der Waals surface area contributed by atoms with Gasteiger partial charge in [-0.15, -0.1) is 11.3 Å². The van der Waals surface area contributed by atoms with Crippen molar-refractivity contribution in [3.8, 4) is 0 Å². The fourth-order valence-electron chi connectivity index (χ4n) is 3.26. The Morgan fingerprint density at radius 2 is 1.96 bits per heavy atom. The number of thiazole rings is 1. The molecule has 0 aliphatic carbocycles. The van der Waals surface area contributed by atoms with E-state index in [1.165, 1.54) is 21.6 Å². The molecule has 0 saturated heterocycles. The summed E-state index contributed by atoms with van der Waals surface area (Å²) in [7, 11) is 3.96. The van der Waals surface area contributed by atoms with E-state index in [1.807, 2.05) is 30.1 Å². The summed E-state index contributed by atoms with van der Waals surface area (Å²) in [4.78, 5) is 20.5. The molecule has 0 bridgehead atoms. The fraction of sp³-hybridized carbons (Fsp3) is 0.364. The van der Waals surface area contributed by atoms with Gasteiger partial charge < -0.3 is 9.80 Å². The van der Waals surface area contributed by atoms with Crippen molar-refractivity contribution in [1.82, 2.24) is 9.88 Å². The highest BCUT2D eigenvalue weighted by molar-refractivity contribution is 7.18. The molecule has 0 aliphatic heterocycles. The monoisotopic (exact) mass is 382 g/mol. The number of rotatable bonds is 6. The number of aromatic nitrogens is 1. The van der Waals surface area contributed by atoms with Crippen LogP contribution in [0.15, 0.2) is 42.5 Å². The number of quaternary nitrogens is 1. The molecule has 1 aromatic heterocycles. The molecule has 3 rings (SSSR count). The summed E-state index contributed by atoms with van der Waals surface area (Å²) < 4.78 is 1.16. The zero-order valence-electron chi connectivity index (χ0n) is 16.7. The fourth-order valence-corrected chi connectivity index (χ4v) is 4.33. The number of likely N-dealkylation sites (N-methyl/N-ethyl adjacent to an activating group) is 2. The third-order valence-corrected chi connectivity index (χ3v) is 6.29. The van der Waals surface area contributed by atoms with Gasteiger partial charge in [0.05, 0.1) is 23.3 Å². The Kier molecular flexibility index (Phi) is 5.92. The van der Waals surface area contributed by atoms with Gasteiger partial charge >= 0.3 is 0 Å². The number of fused-ring (bicyclic) bond motifs is 1. The van der Waals surface area contributed by atoms with E-state index >= 15 is 0 Å². The van der Waals surface area contributed by atoms with E-state index in [2.05, 4.69) is 52.1 Å². The van der Waals surface area contributed by atoms with Gasteiger partial charge in [-0.05, 0) is 38.5 Å². The van der Waals surface area contributed by atoms with Gasteiger partial charge in [0, 0.05) is 12.6 Å². The minimum atomic E-state index is -0.0242. The molecule has 0 saturated carbocycles. The van der Waals surface area contributed by atoms with Crippen molar-refractivity contribution in [3.05, 3.63) is 64.2 Å². The zero-order valence-corrected chi connectivity index (χ0v) is 17.6. The molecule has 5 heteroatoms. The molecule has 0 aliphatic rings. The van der Waals surface area contributed by atoms with E-state index in [4.69, 9.17) is 4.98 Å². The topological polar surface area (TPSA) is 37.6 Å². The first-order valence-corrected chi connectivity index (χ1v) is 10.2. The van der Waals surface area contributed by atoms with Crippen LogP contribution in [0.3, 0.4) is 0 Å². The van der Waals surface area contributed by atoms with Crippen molar-refractivity contribution in [1.29, 1.82) is 0 Å². The van der Waals surface area contributed by atoms with Gasteiger partial charge in [-0.1, -0.05) is 35.9 Å². The van der Waals surface area contributed by atoms with E-state index in [0.717, 1.165) is 21.8 Å². The van der Waals surface area contributed by atoms with Crippen molar-refractivity contribution in [2.45, 2.75) is 33.4 Å². The van der Waals surface area contributed by atoms with Crippen LogP contribution in [-0.2, 0) is 11.3 Å². The van der Waals surface area contributed by atoms with Crippen LogP contribution < -0.4 is 4.90 Å². The Bertz CT molecular complexity index is 917. The maximum absolute atomic E-state index is 12.8. The van der Waals surface area contributed by atoms with Crippen molar-refractivity contribution < 1.29 is 9.69 Å². The minimum Gasteiger partial charge on any atom is -0.332 e. The molecule has 3 aromatic rings. The van der Waals surface area contributed by atoms with Crippen LogP contribution in [-0.4, -0.2) is 36.4 Å². The first kappa shape index (κ1) is 19.5. The molecule has 1 N–H and O–H groups in total. The number of nitrogens with zero attached hydrogens (tertiary/aromatic N) is 2. The van der Waals surface area contributed by atoms with Crippen LogP contribution in [0.5, 0.6) is 0 Å². The normalized spacial score (nSPS) is 13.5. The number of nitrogens with one attached hydrogen (secondary N) is 1. The van der Waals surface area contributed by atoms with E-state index in [-0.39, 0.29) is 11.9 Å². The summed E-state index contributed by atoms with van der Waals surface area (Å²) >= 11 is 1.66. The summed E-state index contributed by atoms with van der Waals surface area (Å²) in [6, 6.07) is 14.6. The first-order valence-electron chi connectivity index (χ1n) is 9.33. The molecule has 1 heterocycles. The lowest BCUT2D eigenvalue weighted by molar-refractivity contribution is -0.885. The first-order chi connectivity index (χ1) is 12.8. The highest BCUT2D eigenvalue weighted by Crippen LogP contribution is 2.28. The molecule has 1 unspecified atom stereocenters. The number of hydrogen-bond donors (Lipinski definition) is 1. The summed E-state index contributed by atoms with van der Waals surface area (Å²) in [5.41, 5.74) is 4.86.